The van der Waals surface area contributed by atoms with Gasteiger partial charge in [-0.05, 0) is 23.1 Å². The number of primary amides is 1. The van der Waals surface area contributed by atoms with E-state index in [1.165, 1.54) is 0 Å². The smallest absolute Gasteiger partial charge is 0.240 e. The number of hydrogen-bond donors (Lipinski definition) is 2. The second-order valence-electron chi connectivity index (χ2n) is 7.71. The van der Waals surface area contributed by atoms with Gasteiger partial charge in [0.25, 0.3) is 0 Å². The van der Waals surface area contributed by atoms with Crippen LogP contribution >= 0.6 is 0 Å². The van der Waals surface area contributed by atoms with E-state index in [0.717, 1.165) is 16.7 Å². The number of benzene rings is 3. The fourth-order valence-corrected chi connectivity index (χ4v) is 3.99. The highest BCUT2D eigenvalue weighted by atomic mass is 16.2. The Morgan fingerprint density at radius 3 is 1.53 bits per heavy atom. The van der Waals surface area contributed by atoms with Crippen LogP contribution in [0.4, 0.5) is 0 Å². The number of amides is 2. The van der Waals surface area contributed by atoms with E-state index in [4.69, 9.17) is 5.73 Å². The molecule has 3 aromatic carbocycles. The van der Waals surface area contributed by atoms with E-state index >= 15 is 0 Å². The molecule has 0 saturated heterocycles. The van der Waals surface area contributed by atoms with Crippen molar-refractivity contribution in [2.75, 3.05) is 0 Å². The van der Waals surface area contributed by atoms with Crippen LogP contribution in [0, 0.1) is 0 Å². The fraction of sp³-hybridized carbons (Fsp3) is 0.222. The predicted octanol–water partition coefficient (Wildman–Crippen LogP) is 3.75. The van der Waals surface area contributed by atoms with Crippen LogP contribution in [0.15, 0.2) is 91.0 Å². The maximum Gasteiger partial charge on any atom is 0.240 e. The molecule has 1 atom stereocenters. The number of ketones is 1. The summed E-state index contributed by atoms with van der Waals surface area (Å²) in [5, 5.41) is 2.87. The van der Waals surface area contributed by atoms with Crippen molar-refractivity contribution in [3.63, 3.8) is 0 Å². The summed E-state index contributed by atoms with van der Waals surface area (Å²) in [6.07, 6.45) is 0.725. The molecule has 32 heavy (non-hydrogen) atoms. The molecule has 0 heterocycles. The second-order valence-corrected chi connectivity index (χ2v) is 7.71. The van der Waals surface area contributed by atoms with E-state index in [-0.39, 0.29) is 24.5 Å². The summed E-state index contributed by atoms with van der Waals surface area (Å²) in [4.78, 5) is 38.1. The van der Waals surface area contributed by atoms with Crippen molar-refractivity contribution in [3.8, 4) is 0 Å². The molecule has 0 aromatic heterocycles. The van der Waals surface area contributed by atoms with Crippen LogP contribution in [-0.4, -0.2) is 23.6 Å². The van der Waals surface area contributed by atoms with Crippen LogP contribution in [0.3, 0.4) is 0 Å². The van der Waals surface area contributed by atoms with Crippen LogP contribution in [0.2, 0.25) is 0 Å². The molecule has 0 unspecified atom stereocenters. The van der Waals surface area contributed by atoms with Crippen molar-refractivity contribution < 1.29 is 14.4 Å². The Bertz CT molecular complexity index is 953. The summed E-state index contributed by atoms with van der Waals surface area (Å²) in [5.74, 6) is -1.01. The SMILES string of the molecule is CCC(=O)CC[C@H](NC(=O)C(c1ccccc1)(c1ccccc1)c1ccccc1)C(N)=O. The van der Waals surface area contributed by atoms with E-state index in [0.29, 0.717) is 6.42 Å². The standard InChI is InChI=1S/C27H28N2O3/c1-2-23(30)18-19-24(25(28)31)29-26(32)27(20-12-6-3-7-13-20,21-14-8-4-9-15-21)22-16-10-5-11-17-22/h3-17,24H,2,18-19H2,1H3,(H2,28,31)(H,29,32)/t24-/m0/s1. The van der Waals surface area contributed by atoms with Gasteiger partial charge in [-0.3, -0.25) is 14.4 Å². The first-order valence-corrected chi connectivity index (χ1v) is 10.8. The molecule has 5 heteroatoms. The third kappa shape index (κ3) is 4.78. The summed E-state index contributed by atoms with van der Waals surface area (Å²) in [6.45, 7) is 1.77. The topological polar surface area (TPSA) is 89.3 Å². The van der Waals surface area contributed by atoms with Crippen LogP contribution in [0.1, 0.15) is 42.9 Å². The molecule has 0 aliphatic rings. The normalized spacial score (nSPS) is 12.0. The molecule has 0 fully saturated rings. The number of carbonyl (C=O) groups is 3. The van der Waals surface area contributed by atoms with Crippen molar-refractivity contribution in [1.29, 1.82) is 0 Å². The minimum atomic E-state index is -1.20. The van der Waals surface area contributed by atoms with Crippen LogP contribution in [0.25, 0.3) is 0 Å². The van der Waals surface area contributed by atoms with Crippen molar-refractivity contribution in [2.24, 2.45) is 5.73 Å². The van der Waals surface area contributed by atoms with Crippen LogP contribution < -0.4 is 11.1 Å². The lowest BCUT2D eigenvalue weighted by atomic mass is 9.68. The molecule has 3 rings (SSSR count). The molecule has 2 amide bonds. The molecule has 0 aliphatic heterocycles. The molecular formula is C27H28N2O3. The number of hydrogen-bond acceptors (Lipinski definition) is 3. The number of Topliss-reactive ketones (excluding diaryl/α,β-unsaturated/α-hetero) is 1. The van der Waals surface area contributed by atoms with Gasteiger partial charge < -0.3 is 11.1 Å². The number of nitrogens with two attached hydrogens (primary N) is 1. The van der Waals surface area contributed by atoms with Crippen molar-refractivity contribution in [1.82, 2.24) is 5.32 Å². The number of nitrogens with one attached hydrogen (secondary N) is 1. The molecule has 164 valence electrons. The van der Waals surface area contributed by atoms with Gasteiger partial charge in [0.05, 0.1) is 0 Å². The largest absolute Gasteiger partial charge is 0.368 e. The summed E-state index contributed by atoms with van der Waals surface area (Å²) in [6, 6.07) is 27.4. The van der Waals surface area contributed by atoms with Gasteiger partial charge in [-0.25, -0.2) is 0 Å². The zero-order chi connectivity index (χ0) is 23.0. The van der Waals surface area contributed by atoms with Gasteiger partial charge in [0.15, 0.2) is 0 Å². The first-order chi connectivity index (χ1) is 15.5. The van der Waals surface area contributed by atoms with Gasteiger partial charge in [-0.15, -0.1) is 0 Å². The van der Waals surface area contributed by atoms with E-state index in [2.05, 4.69) is 5.32 Å². The Hall–Kier alpha value is -3.73. The molecular weight excluding hydrogens is 400 g/mol. The fourth-order valence-electron chi connectivity index (χ4n) is 3.99. The monoisotopic (exact) mass is 428 g/mol. The average Bonchev–Trinajstić information content (AvgIpc) is 2.84. The lowest BCUT2D eigenvalue weighted by Gasteiger charge is -2.35. The highest BCUT2D eigenvalue weighted by Crippen LogP contribution is 2.39. The zero-order valence-electron chi connectivity index (χ0n) is 18.2. The first-order valence-electron chi connectivity index (χ1n) is 10.8. The minimum absolute atomic E-state index is 0.0194. The average molecular weight is 429 g/mol. The van der Waals surface area contributed by atoms with Crippen molar-refractivity contribution in [3.05, 3.63) is 108 Å². The highest BCUT2D eigenvalue weighted by Gasteiger charge is 2.44. The van der Waals surface area contributed by atoms with Gasteiger partial charge in [0.2, 0.25) is 11.8 Å². The quantitative estimate of drug-likeness (QED) is 0.482. The Labute approximate surface area is 188 Å². The van der Waals surface area contributed by atoms with E-state index < -0.39 is 17.4 Å². The Kier molecular flexibility index (Phi) is 7.55. The molecule has 0 radical (unpaired) electrons. The van der Waals surface area contributed by atoms with Crippen LogP contribution in [-0.2, 0) is 19.8 Å². The molecule has 0 bridgehead atoms. The van der Waals surface area contributed by atoms with Gasteiger partial charge in [-0.1, -0.05) is 97.9 Å². The third-order valence-corrected chi connectivity index (χ3v) is 5.72. The van der Waals surface area contributed by atoms with E-state index in [1.54, 1.807) is 6.92 Å². The molecule has 5 nitrogen and oxygen atoms in total. The molecule has 3 aromatic rings. The second kappa shape index (κ2) is 10.5. The molecule has 0 saturated carbocycles. The van der Waals surface area contributed by atoms with Crippen molar-refractivity contribution in [2.45, 2.75) is 37.6 Å². The Morgan fingerprint density at radius 2 is 1.19 bits per heavy atom. The maximum atomic E-state index is 14.1. The van der Waals surface area contributed by atoms with Gasteiger partial charge >= 0.3 is 0 Å². The molecule has 3 N–H and O–H groups in total. The number of carbonyl (C=O) groups excluding carboxylic acids is 3. The van der Waals surface area contributed by atoms with E-state index in [1.807, 2.05) is 91.0 Å². The lowest BCUT2D eigenvalue weighted by Crippen LogP contribution is -2.53. The minimum Gasteiger partial charge on any atom is -0.368 e. The third-order valence-electron chi connectivity index (χ3n) is 5.72. The summed E-state index contributed by atoms with van der Waals surface area (Å²) < 4.78 is 0. The highest BCUT2D eigenvalue weighted by molar-refractivity contribution is 5.98. The van der Waals surface area contributed by atoms with Gasteiger partial charge in [-0.2, -0.15) is 0 Å². The number of rotatable bonds is 10. The Morgan fingerprint density at radius 1 is 0.781 bits per heavy atom. The predicted molar refractivity (Wildman–Crippen MR) is 125 cm³/mol. The first kappa shape index (κ1) is 22.9. The molecule has 0 aliphatic carbocycles. The van der Waals surface area contributed by atoms with Crippen LogP contribution in [0.5, 0.6) is 0 Å². The van der Waals surface area contributed by atoms with Gasteiger partial charge in [0, 0.05) is 12.8 Å². The summed E-state index contributed by atoms with van der Waals surface area (Å²) in [5.41, 5.74) is 6.70. The molecule has 0 spiro atoms. The maximum absolute atomic E-state index is 14.1. The summed E-state index contributed by atoms with van der Waals surface area (Å²) in [7, 11) is 0. The Balaban J connectivity index is 2.14. The zero-order valence-corrected chi connectivity index (χ0v) is 18.2. The van der Waals surface area contributed by atoms with Gasteiger partial charge in [0.1, 0.15) is 17.2 Å². The van der Waals surface area contributed by atoms with Crippen molar-refractivity contribution >= 4 is 17.6 Å². The summed E-state index contributed by atoms with van der Waals surface area (Å²) >= 11 is 0. The van der Waals surface area contributed by atoms with E-state index in [9.17, 15) is 14.4 Å². The lowest BCUT2D eigenvalue weighted by molar-refractivity contribution is -0.130.